The molecule has 0 unspecified atom stereocenters. The van der Waals surface area contributed by atoms with Crippen molar-refractivity contribution in [1.29, 1.82) is 0 Å². The number of benzene rings is 1. The molecule has 7 nitrogen and oxygen atoms in total. The lowest BCUT2D eigenvalue weighted by molar-refractivity contribution is -0.122. The molecule has 2 aromatic rings. The van der Waals surface area contributed by atoms with Crippen molar-refractivity contribution in [2.24, 2.45) is 17.4 Å². The van der Waals surface area contributed by atoms with Crippen LogP contribution >= 0.6 is 0 Å². The van der Waals surface area contributed by atoms with Gasteiger partial charge in [0.25, 0.3) is 0 Å². The van der Waals surface area contributed by atoms with Crippen LogP contribution in [0.5, 0.6) is 0 Å². The number of carbonyl (C=O) groups is 2. The Kier molecular flexibility index (Phi) is 5.42. The molecule has 0 fully saturated rings. The van der Waals surface area contributed by atoms with E-state index < -0.39 is 11.8 Å². The SMILES string of the molecule is CC(C)n1cc2c3c(cccc31)C1=C[C@@H](CN(CC(N)=O)CC(N)=O)CN(C)[C@@H]1C2. The minimum Gasteiger partial charge on any atom is -0.369 e. The van der Waals surface area contributed by atoms with E-state index in [9.17, 15) is 9.59 Å². The summed E-state index contributed by atoms with van der Waals surface area (Å²) in [5.41, 5.74) is 16.1. The molecule has 1 aliphatic carbocycles. The van der Waals surface area contributed by atoms with Gasteiger partial charge in [0.05, 0.1) is 13.1 Å². The maximum Gasteiger partial charge on any atom is 0.231 e. The van der Waals surface area contributed by atoms with E-state index in [1.165, 1.54) is 27.6 Å². The number of amides is 2. The first-order valence-electron chi connectivity index (χ1n) is 10.6. The molecule has 30 heavy (non-hydrogen) atoms. The predicted molar refractivity (Wildman–Crippen MR) is 119 cm³/mol. The summed E-state index contributed by atoms with van der Waals surface area (Å²) in [5.74, 6) is -0.718. The van der Waals surface area contributed by atoms with E-state index in [-0.39, 0.29) is 19.0 Å². The van der Waals surface area contributed by atoms with Crippen molar-refractivity contribution in [3.05, 3.63) is 41.6 Å². The molecular weight excluding hydrogens is 378 g/mol. The molecule has 160 valence electrons. The topological polar surface area (TPSA) is 97.6 Å². The molecule has 2 atom stereocenters. The Morgan fingerprint density at radius 1 is 1.20 bits per heavy atom. The molecule has 1 aromatic carbocycles. The molecule has 1 aliphatic heterocycles. The van der Waals surface area contributed by atoms with Crippen molar-refractivity contribution in [2.45, 2.75) is 32.4 Å². The highest BCUT2D eigenvalue weighted by Gasteiger charge is 2.34. The van der Waals surface area contributed by atoms with Crippen molar-refractivity contribution < 1.29 is 9.59 Å². The fourth-order valence-corrected chi connectivity index (χ4v) is 5.18. The van der Waals surface area contributed by atoms with Gasteiger partial charge in [0.2, 0.25) is 11.8 Å². The van der Waals surface area contributed by atoms with Crippen molar-refractivity contribution in [2.75, 3.05) is 33.2 Å². The molecule has 0 saturated heterocycles. The zero-order chi connectivity index (χ0) is 21.6. The molecule has 7 heteroatoms. The second kappa shape index (κ2) is 7.89. The van der Waals surface area contributed by atoms with Gasteiger partial charge in [-0.05, 0) is 50.1 Å². The summed E-state index contributed by atoms with van der Waals surface area (Å²) in [6.07, 6.45) is 5.65. The summed E-state index contributed by atoms with van der Waals surface area (Å²) < 4.78 is 2.37. The molecule has 0 radical (unpaired) electrons. The Morgan fingerprint density at radius 2 is 1.90 bits per heavy atom. The van der Waals surface area contributed by atoms with Gasteiger partial charge in [0, 0.05) is 48.2 Å². The minimum absolute atomic E-state index is 0.0345. The quantitative estimate of drug-likeness (QED) is 0.722. The molecule has 0 bridgehead atoms. The van der Waals surface area contributed by atoms with E-state index in [2.05, 4.69) is 60.8 Å². The molecule has 4 rings (SSSR count). The highest BCUT2D eigenvalue weighted by molar-refractivity contribution is 5.98. The van der Waals surface area contributed by atoms with Crippen LogP contribution in [0.15, 0.2) is 30.5 Å². The fourth-order valence-electron chi connectivity index (χ4n) is 5.18. The van der Waals surface area contributed by atoms with Gasteiger partial charge in [-0.1, -0.05) is 18.2 Å². The molecule has 2 aliphatic rings. The van der Waals surface area contributed by atoms with Crippen LogP contribution in [0.4, 0.5) is 0 Å². The number of carbonyl (C=O) groups excluding carboxylic acids is 2. The van der Waals surface area contributed by atoms with Crippen LogP contribution in [0.2, 0.25) is 0 Å². The Bertz CT molecular complexity index is 1010. The van der Waals surface area contributed by atoms with Gasteiger partial charge in [-0.3, -0.25) is 19.4 Å². The van der Waals surface area contributed by atoms with Crippen molar-refractivity contribution in [3.63, 3.8) is 0 Å². The van der Waals surface area contributed by atoms with Crippen LogP contribution in [-0.2, 0) is 16.0 Å². The van der Waals surface area contributed by atoms with Gasteiger partial charge in [-0.25, -0.2) is 0 Å². The van der Waals surface area contributed by atoms with Crippen LogP contribution in [0, 0.1) is 5.92 Å². The molecule has 1 aromatic heterocycles. The summed E-state index contributed by atoms with van der Waals surface area (Å²) in [6, 6.07) is 7.30. The first-order valence-corrected chi connectivity index (χ1v) is 10.6. The first-order chi connectivity index (χ1) is 14.2. The maximum atomic E-state index is 11.4. The first kappa shape index (κ1) is 20.6. The number of aromatic nitrogens is 1. The third-order valence-corrected chi connectivity index (χ3v) is 6.30. The summed E-state index contributed by atoms with van der Waals surface area (Å²) in [4.78, 5) is 27.0. The molecule has 2 amide bonds. The van der Waals surface area contributed by atoms with E-state index in [4.69, 9.17) is 11.5 Å². The Labute approximate surface area is 177 Å². The van der Waals surface area contributed by atoms with Crippen LogP contribution in [0.1, 0.15) is 31.0 Å². The van der Waals surface area contributed by atoms with Gasteiger partial charge in [0.15, 0.2) is 0 Å². The number of nitrogens with two attached hydrogens (primary N) is 2. The lowest BCUT2D eigenvalue weighted by Gasteiger charge is -2.41. The van der Waals surface area contributed by atoms with Crippen LogP contribution in [-0.4, -0.2) is 65.4 Å². The number of fused-ring (bicyclic) bond motifs is 2. The highest BCUT2D eigenvalue weighted by atomic mass is 16.2. The number of likely N-dealkylation sites (N-methyl/N-ethyl adjacent to an activating group) is 1. The number of primary amides is 2. The van der Waals surface area contributed by atoms with E-state index in [0.29, 0.717) is 18.6 Å². The Hall–Kier alpha value is -2.64. The fraction of sp³-hybridized carbons (Fsp3) is 0.478. The minimum atomic E-state index is -0.451. The zero-order valence-electron chi connectivity index (χ0n) is 18.0. The van der Waals surface area contributed by atoms with Gasteiger partial charge in [-0.2, -0.15) is 0 Å². The van der Waals surface area contributed by atoms with Crippen molar-refractivity contribution in [3.8, 4) is 0 Å². The normalized spacial score (nSPS) is 21.2. The lowest BCUT2D eigenvalue weighted by atomic mass is 9.80. The van der Waals surface area contributed by atoms with Crippen LogP contribution in [0.3, 0.4) is 0 Å². The van der Waals surface area contributed by atoms with Crippen LogP contribution < -0.4 is 11.5 Å². The Balaban J connectivity index is 1.71. The molecule has 0 saturated carbocycles. The second-order valence-corrected chi connectivity index (χ2v) is 9.00. The Morgan fingerprint density at radius 3 is 2.53 bits per heavy atom. The van der Waals surface area contributed by atoms with Crippen molar-refractivity contribution >= 4 is 28.3 Å². The summed E-state index contributed by atoms with van der Waals surface area (Å²) in [7, 11) is 2.15. The third-order valence-electron chi connectivity index (χ3n) is 6.30. The van der Waals surface area contributed by atoms with E-state index >= 15 is 0 Å². The molecular formula is C23H31N5O2. The monoisotopic (exact) mass is 409 g/mol. The second-order valence-electron chi connectivity index (χ2n) is 9.00. The average molecular weight is 410 g/mol. The standard InChI is InChI=1S/C23H31N5O2/c1-14(2)28-11-16-8-20-18(17-5-4-6-19(28)23(16)17)7-15(9-26(20)3)10-27(12-21(24)29)13-22(25)30/h4-7,11,14-15,20H,8-10,12-13H2,1-3H3,(H2,24,29)(H2,25,30)/t15-,20-/m1/s1. The maximum absolute atomic E-state index is 11.4. The predicted octanol–water partition coefficient (Wildman–Crippen LogP) is 1.36. The lowest BCUT2D eigenvalue weighted by Crippen LogP contribution is -2.47. The molecule has 0 spiro atoms. The van der Waals surface area contributed by atoms with E-state index in [1.807, 2.05) is 0 Å². The largest absolute Gasteiger partial charge is 0.369 e. The van der Waals surface area contributed by atoms with Gasteiger partial charge < -0.3 is 16.0 Å². The average Bonchev–Trinajstić information content (AvgIpc) is 3.02. The molecule has 2 heterocycles. The summed E-state index contributed by atoms with van der Waals surface area (Å²) in [6.45, 7) is 5.93. The summed E-state index contributed by atoms with van der Waals surface area (Å²) >= 11 is 0. The highest BCUT2D eigenvalue weighted by Crippen LogP contribution is 2.42. The van der Waals surface area contributed by atoms with Crippen molar-refractivity contribution in [1.82, 2.24) is 14.4 Å². The number of rotatable bonds is 7. The van der Waals surface area contributed by atoms with Gasteiger partial charge in [-0.15, -0.1) is 0 Å². The van der Waals surface area contributed by atoms with Crippen LogP contribution in [0.25, 0.3) is 16.5 Å². The number of hydrogen-bond donors (Lipinski definition) is 2. The van der Waals surface area contributed by atoms with Gasteiger partial charge in [0.1, 0.15) is 0 Å². The number of hydrogen-bond acceptors (Lipinski definition) is 4. The smallest absolute Gasteiger partial charge is 0.231 e. The van der Waals surface area contributed by atoms with Gasteiger partial charge >= 0.3 is 0 Å². The summed E-state index contributed by atoms with van der Waals surface area (Å²) in [5, 5.41) is 1.36. The number of nitrogens with zero attached hydrogens (tertiary/aromatic N) is 3. The van der Waals surface area contributed by atoms with E-state index in [0.717, 1.165) is 13.0 Å². The zero-order valence-corrected chi connectivity index (χ0v) is 18.0. The molecule has 4 N–H and O–H groups in total. The third kappa shape index (κ3) is 3.75. The van der Waals surface area contributed by atoms with E-state index in [1.54, 1.807) is 4.90 Å².